The number of halogens is 2. The van der Waals surface area contributed by atoms with Crippen molar-refractivity contribution < 1.29 is 0 Å². The van der Waals surface area contributed by atoms with E-state index in [0.29, 0.717) is 11.1 Å². The molecule has 3 heterocycles. The fraction of sp³-hybridized carbons (Fsp3) is 0.733. The van der Waals surface area contributed by atoms with Crippen molar-refractivity contribution in [1.29, 1.82) is 0 Å². The zero-order valence-electron chi connectivity index (χ0n) is 12.1. The van der Waals surface area contributed by atoms with E-state index in [2.05, 4.69) is 46.4 Å². The van der Waals surface area contributed by atoms with Gasteiger partial charge in [0, 0.05) is 18.0 Å². The number of rotatable bonds is 3. The first-order valence-corrected chi connectivity index (χ1v) is 8.99. The summed E-state index contributed by atoms with van der Waals surface area (Å²) in [6, 6.07) is 1.44. The van der Waals surface area contributed by atoms with E-state index in [-0.39, 0.29) is 0 Å². The van der Waals surface area contributed by atoms with Gasteiger partial charge < -0.3 is 4.90 Å². The van der Waals surface area contributed by atoms with Crippen LogP contribution in [0.3, 0.4) is 0 Å². The van der Waals surface area contributed by atoms with Crippen LogP contribution in [0.4, 0.5) is 0 Å². The van der Waals surface area contributed by atoms with Gasteiger partial charge in [-0.05, 0) is 61.7 Å². The van der Waals surface area contributed by atoms with E-state index in [0.717, 1.165) is 40.0 Å². The lowest BCUT2D eigenvalue weighted by molar-refractivity contribution is 0.158. The van der Waals surface area contributed by atoms with Crippen LogP contribution in [0.2, 0.25) is 5.15 Å². The fourth-order valence-corrected chi connectivity index (χ4v) is 4.39. The average molecular weight is 406 g/mol. The maximum absolute atomic E-state index is 6.32. The Kier molecular flexibility index (Phi) is 4.53. The average Bonchev–Trinajstić information content (AvgIpc) is 2.66. The summed E-state index contributed by atoms with van der Waals surface area (Å²) >= 11 is 8.60. The van der Waals surface area contributed by atoms with Crippen molar-refractivity contribution in [1.82, 2.24) is 14.9 Å². The van der Waals surface area contributed by atoms with Crippen molar-refractivity contribution >= 4 is 34.2 Å². The second-order valence-corrected chi connectivity index (χ2v) is 7.54. The van der Waals surface area contributed by atoms with Gasteiger partial charge in [-0.1, -0.05) is 24.9 Å². The molecule has 2 unspecified atom stereocenters. The third kappa shape index (κ3) is 2.71. The Morgan fingerprint density at radius 3 is 2.50 bits per heavy atom. The monoisotopic (exact) mass is 405 g/mol. The lowest BCUT2D eigenvalue weighted by atomic mass is 9.90. The van der Waals surface area contributed by atoms with Gasteiger partial charge in [-0.15, -0.1) is 0 Å². The van der Waals surface area contributed by atoms with E-state index in [9.17, 15) is 0 Å². The Balaban J connectivity index is 1.87. The number of fused-ring (bicyclic) bond motifs is 2. The summed E-state index contributed by atoms with van der Waals surface area (Å²) in [4.78, 5) is 12.0. The molecular formula is C15H21ClIN3. The minimum absolute atomic E-state index is 0.494. The topological polar surface area (TPSA) is 29.0 Å². The number of aromatic nitrogens is 2. The maximum atomic E-state index is 6.32. The molecule has 0 amide bonds. The largest absolute Gasteiger partial charge is 0.300 e. The Bertz CT molecular complexity index is 494. The molecule has 2 atom stereocenters. The first-order chi connectivity index (χ1) is 9.60. The van der Waals surface area contributed by atoms with Crippen LogP contribution < -0.4 is 0 Å². The summed E-state index contributed by atoms with van der Waals surface area (Å²) in [5.74, 6) is 1.48. The molecule has 3 rings (SSSR count). The molecule has 2 saturated heterocycles. The van der Waals surface area contributed by atoms with Gasteiger partial charge in [0.1, 0.15) is 11.0 Å². The lowest BCUT2D eigenvalue weighted by Crippen LogP contribution is -2.39. The minimum atomic E-state index is 0.494. The summed E-state index contributed by atoms with van der Waals surface area (Å²) in [6.45, 7) is 2.18. The Morgan fingerprint density at radius 1 is 1.25 bits per heavy atom. The highest BCUT2D eigenvalue weighted by molar-refractivity contribution is 14.1. The quantitative estimate of drug-likeness (QED) is 0.562. The predicted octanol–water partition coefficient (Wildman–Crippen LogP) is 4.03. The molecule has 0 aliphatic carbocycles. The van der Waals surface area contributed by atoms with Gasteiger partial charge in [0.05, 0.1) is 9.26 Å². The normalized spacial score (nSPS) is 29.9. The highest BCUT2D eigenvalue weighted by Crippen LogP contribution is 2.41. The molecule has 3 nitrogen and oxygen atoms in total. The number of hydrogen-bond donors (Lipinski definition) is 0. The van der Waals surface area contributed by atoms with Gasteiger partial charge in [-0.3, -0.25) is 0 Å². The van der Waals surface area contributed by atoms with E-state index in [1.54, 1.807) is 0 Å². The second kappa shape index (κ2) is 6.05. The minimum Gasteiger partial charge on any atom is -0.300 e. The standard InChI is InChI=1S/C15H21ClIN3/c1-3-4-12-13(17)14(16)19-15(18-12)9-7-10-5-6-11(8-9)20(10)2/h9-11H,3-8H2,1-2H3. The highest BCUT2D eigenvalue weighted by atomic mass is 127. The summed E-state index contributed by atoms with van der Waals surface area (Å²) in [7, 11) is 2.27. The number of nitrogens with zero attached hydrogens (tertiary/aromatic N) is 3. The smallest absolute Gasteiger partial charge is 0.146 e. The third-order valence-corrected chi connectivity index (χ3v) is 6.57. The molecule has 110 valence electrons. The van der Waals surface area contributed by atoms with Gasteiger partial charge in [-0.2, -0.15) is 0 Å². The number of hydrogen-bond acceptors (Lipinski definition) is 3. The van der Waals surface area contributed by atoms with Crippen molar-refractivity contribution in [2.75, 3.05) is 7.05 Å². The second-order valence-electron chi connectivity index (χ2n) is 6.10. The first kappa shape index (κ1) is 15.0. The van der Waals surface area contributed by atoms with Crippen molar-refractivity contribution in [2.45, 2.75) is 63.5 Å². The summed E-state index contributed by atoms with van der Waals surface area (Å²) < 4.78 is 1.03. The molecule has 0 radical (unpaired) electrons. The van der Waals surface area contributed by atoms with Crippen molar-refractivity contribution in [3.63, 3.8) is 0 Å². The molecular weight excluding hydrogens is 385 g/mol. The van der Waals surface area contributed by atoms with Gasteiger partial charge >= 0.3 is 0 Å². The van der Waals surface area contributed by atoms with Crippen LogP contribution in [0.5, 0.6) is 0 Å². The van der Waals surface area contributed by atoms with Crippen LogP contribution in [0.15, 0.2) is 0 Å². The van der Waals surface area contributed by atoms with Crippen molar-refractivity contribution in [3.05, 3.63) is 20.2 Å². The van der Waals surface area contributed by atoms with Crippen LogP contribution >= 0.6 is 34.2 Å². The van der Waals surface area contributed by atoms with Gasteiger partial charge in [0.15, 0.2) is 0 Å². The molecule has 1 aromatic rings. The third-order valence-electron chi connectivity index (χ3n) is 4.85. The SMILES string of the molecule is CCCc1nc(C2CC3CCC(C2)N3C)nc(Cl)c1I. The molecule has 2 aliphatic heterocycles. The van der Waals surface area contributed by atoms with E-state index in [4.69, 9.17) is 16.6 Å². The van der Waals surface area contributed by atoms with Crippen molar-refractivity contribution in [2.24, 2.45) is 0 Å². The molecule has 0 spiro atoms. The van der Waals surface area contributed by atoms with E-state index in [1.807, 2.05) is 0 Å². The number of aryl methyl sites for hydroxylation is 1. The Morgan fingerprint density at radius 2 is 1.90 bits per heavy atom. The van der Waals surface area contributed by atoms with Crippen molar-refractivity contribution in [3.8, 4) is 0 Å². The van der Waals surface area contributed by atoms with Gasteiger partial charge in [-0.25, -0.2) is 9.97 Å². The van der Waals surface area contributed by atoms with Gasteiger partial charge in [0.2, 0.25) is 0 Å². The predicted molar refractivity (Wildman–Crippen MR) is 90.3 cm³/mol. The summed E-state index contributed by atoms with van der Waals surface area (Å²) in [6.07, 6.45) is 7.13. The molecule has 0 aromatic carbocycles. The lowest BCUT2D eigenvalue weighted by Gasteiger charge is -2.35. The van der Waals surface area contributed by atoms with Crippen LogP contribution in [0.25, 0.3) is 0 Å². The zero-order chi connectivity index (χ0) is 14.3. The molecule has 2 fully saturated rings. The Hall–Kier alpha value is 0.0600. The van der Waals surface area contributed by atoms with Crippen LogP contribution in [-0.4, -0.2) is 34.0 Å². The highest BCUT2D eigenvalue weighted by Gasteiger charge is 2.40. The summed E-state index contributed by atoms with van der Waals surface area (Å²) in [5, 5.41) is 0.644. The Labute approximate surface area is 139 Å². The molecule has 20 heavy (non-hydrogen) atoms. The van der Waals surface area contributed by atoms with Crippen LogP contribution in [-0.2, 0) is 6.42 Å². The van der Waals surface area contributed by atoms with Crippen LogP contribution in [0.1, 0.15) is 56.5 Å². The first-order valence-electron chi connectivity index (χ1n) is 7.53. The summed E-state index contributed by atoms with van der Waals surface area (Å²) in [5.41, 5.74) is 1.13. The maximum Gasteiger partial charge on any atom is 0.146 e. The molecule has 2 bridgehead atoms. The van der Waals surface area contributed by atoms with E-state index >= 15 is 0 Å². The van der Waals surface area contributed by atoms with E-state index < -0.39 is 0 Å². The molecule has 0 N–H and O–H groups in total. The zero-order valence-corrected chi connectivity index (χ0v) is 15.0. The molecule has 0 saturated carbocycles. The van der Waals surface area contributed by atoms with E-state index in [1.165, 1.54) is 25.7 Å². The molecule has 5 heteroatoms. The number of piperidine rings is 1. The van der Waals surface area contributed by atoms with Crippen LogP contribution in [0, 0.1) is 3.57 Å². The van der Waals surface area contributed by atoms with Gasteiger partial charge in [0.25, 0.3) is 0 Å². The molecule has 1 aromatic heterocycles. The molecule has 2 aliphatic rings. The fourth-order valence-electron chi connectivity index (χ4n) is 3.69.